The van der Waals surface area contributed by atoms with Gasteiger partial charge in [0.05, 0.1) is 6.10 Å². The summed E-state index contributed by atoms with van der Waals surface area (Å²) < 4.78 is 5.26. The first-order valence-corrected chi connectivity index (χ1v) is 6.97. The minimum atomic E-state index is -0.221. The Morgan fingerprint density at radius 3 is 2.47 bits per heavy atom. The third-order valence-corrected chi connectivity index (χ3v) is 3.14. The number of esters is 1. The summed E-state index contributed by atoms with van der Waals surface area (Å²) in [5.74, 6) is 0.569. The maximum atomic E-state index is 11.2. The van der Waals surface area contributed by atoms with Gasteiger partial charge in [-0.05, 0) is 32.6 Å². The highest BCUT2D eigenvalue weighted by Gasteiger charge is 2.11. The average molecular weight is 240 g/mol. The molecule has 0 bridgehead atoms. The van der Waals surface area contributed by atoms with Crippen molar-refractivity contribution in [2.24, 2.45) is 5.92 Å². The van der Waals surface area contributed by atoms with Crippen molar-refractivity contribution in [3.05, 3.63) is 12.2 Å². The van der Waals surface area contributed by atoms with E-state index in [0.29, 0.717) is 0 Å². The summed E-state index contributed by atoms with van der Waals surface area (Å²) in [5.41, 5.74) is 0. The van der Waals surface area contributed by atoms with Crippen LogP contribution in [-0.4, -0.2) is 12.1 Å². The van der Waals surface area contributed by atoms with Crippen molar-refractivity contribution in [3.8, 4) is 0 Å². The third kappa shape index (κ3) is 8.96. The van der Waals surface area contributed by atoms with Crippen LogP contribution in [0.5, 0.6) is 0 Å². The predicted octanol–water partition coefficient (Wildman–Crippen LogP) is 4.49. The molecule has 17 heavy (non-hydrogen) atoms. The Bertz CT molecular complexity index is 221. The number of unbranched alkanes of at least 4 members (excludes halogenated alkanes) is 1. The number of allylic oxidation sites excluding steroid dienone is 1. The zero-order valence-electron chi connectivity index (χ0n) is 11.9. The number of rotatable bonds is 9. The number of carbonyl (C=O) groups is 1. The van der Waals surface area contributed by atoms with Crippen LogP contribution in [0.2, 0.25) is 0 Å². The molecular formula is C15H28O2. The van der Waals surface area contributed by atoms with Crippen LogP contribution < -0.4 is 0 Å². The molecule has 2 nitrogen and oxygen atoms in total. The van der Waals surface area contributed by atoms with E-state index in [1.54, 1.807) is 6.08 Å². The minimum Gasteiger partial charge on any atom is -0.460 e. The molecule has 0 saturated carbocycles. The van der Waals surface area contributed by atoms with Gasteiger partial charge < -0.3 is 4.74 Å². The lowest BCUT2D eigenvalue weighted by atomic mass is 9.93. The van der Waals surface area contributed by atoms with Crippen LogP contribution in [0.3, 0.4) is 0 Å². The van der Waals surface area contributed by atoms with Gasteiger partial charge in [-0.25, -0.2) is 4.79 Å². The molecule has 0 aliphatic rings. The van der Waals surface area contributed by atoms with Gasteiger partial charge in [-0.1, -0.05) is 45.6 Å². The Labute approximate surface area is 106 Å². The molecular weight excluding hydrogens is 212 g/mol. The van der Waals surface area contributed by atoms with Gasteiger partial charge in [0.1, 0.15) is 0 Å². The molecule has 0 amide bonds. The Morgan fingerprint density at radius 1 is 1.24 bits per heavy atom. The Kier molecular flexibility index (Phi) is 9.89. The number of hydrogen-bond acceptors (Lipinski definition) is 2. The predicted molar refractivity (Wildman–Crippen MR) is 72.9 cm³/mol. The van der Waals surface area contributed by atoms with Crippen molar-refractivity contribution in [2.45, 2.75) is 72.3 Å². The van der Waals surface area contributed by atoms with Gasteiger partial charge in [0.25, 0.3) is 0 Å². The van der Waals surface area contributed by atoms with E-state index < -0.39 is 0 Å². The first-order valence-electron chi connectivity index (χ1n) is 6.97. The lowest BCUT2D eigenvalue weighted by molar-refractivity contribution is -0.142. The molecule has 0 heterocycles. The summed E-state index contributed by atoms with van der Waals surface area (Å²) in [6.07, 6.45) is 10.5. The van der Waals surface area contributed by atoms with Crippen LogP contribution in [-0.2, 0) is 9.53 Å². The smallest absolute Gasteiger partial charge is 0.330 e. The van der Waals surface area contributed by atoms with Gasteiger partial charge in [0, 0.05) is 6.08 Å². The molecule has 0 aliphatic carbocycles. The topological polar surface area (TPSA) is 26.3 Å². The van der Waals surface area contributed by atoms with E-state index in [-0.39, 0.29) is 12.1 Å². The largest absolute Gasteiger partial charge is 0.460 e. The quantitative estimate of drug-likeness (QED) is 0.438. The van der Waals surface area contributed by atoms with E-state index in [4.69, 9.17) is 4.74 Å². The van der Waals surface area contributed by atoms with E-state index in [1.807, 2.05) is 13.8 Å². The van der Waals surface area contributed by atoms with Crippen LogP contribution in [0.4, 0.5) is 0 Å². The molecule has 0 radical (unpaired) electrons. The molecule has 0 rings (SSSR count). The van der Waals surface area contributed by atoms with Crippen molar-refractivity contribution < 1.29 is 9.53 Å². The highest BCUT2D eigenvalue weighted by atomic mass is 16.5. The van der Waals surface area contributed by atoms with E-state index >= 15 is 0 Å². The van der Waals surface area contributed by atoms with E-state index in [1.165, 1.54) is 38.2 Å². The van der Waals surface area contributed by atoms with Crippen LogP contribution in [0, 0.1) is 5.92 Å². The fourth-order valence-corrected chi connectivity index (χ4v) is 1.95. The molecule has 0 saturated heterocycles. The zero-order valence-corrected chi connectivity index (χ0v) is 11.9. The summed E-state index contributed by atoms with van der Waals surface area (Å²) in [4.78, 5) is 11.2. The van der Waals surface area contributed by atoms with Crippen molar-refractivity contribution in [3.63, 3.8) is 0 Å². The molecule has 2 heteroatoms. The van der Waals surface area contributed by atoms with Gasteiger partial charge in [-0.3, -0.25) is 0 Å². The average Bonchev–Trinajstić information content (AvgIpc) is 2.29. The van der Waals surface area contributed by atoms with Gasteiger partial charge in [-0.15, -0.1) is 0 Å². The molecule has 0 aromatic heterocycles. The zero-order chi connectivity index (χ0) is 13.1. The highest BCUT2D eigenvalue weighted by molar-refractivity contribution is 5.81. The molecule has 2 atom stereocenters. The van der Waals surface area contributed by atoms with Gasteiger partial charge >= 0.3 is 5.97 Å². The number of ether oxygens (including phenoxy) is 1. The van der Waals surface area contributed by atoms with E-state index in [0.717, 1.165) is 12.3 Å². The van der Waals surface area contributed by atoms with Gasteiger partial charge in [-0.2, -0.15) is 0 Å². The van der Waals surface area contributed by atoms with Crippen LogP contribution in [0.25, 0.3) is 0 Å². The second-order valence-electron chi connectivity index (χ2n) is 4.74. The fraction of sp³-hybridized carbons (Fsp3) is 0.800. The second-order valence-corrected chi connectivity index (χ2v) is 4.74. The lowest BCUT2D eigenvalue weighted by Crippen LogP contribution is -2.14. The third-order valence-electron chi connectivity index (χ3n) is 3.14. The number of hydrogen-bond donors (Lipinski definition) is 0. The molecule has 100 valence electrons. The normalized spacial score (nSPS) is 14.8. The molecule has 0 aliphatic heterocycles. The van der Waals surface area contributed by atoms with Crippen molar-refractivity contribution in [1.29, 1.82) is 0 Å². The first-order chi connectivity index (χ1) is 8.13. The maximum absolute atomic E-state index is 11.2. The molecule has 0 aromatic carbocycles. The Balaban J connectivity index is 3.79. The SMILES string of the molecule is C/C=C/C(=O)O[C@H](C)CC[C@H](CC)CCCC. The van der Waals surface area contributed by atoms with E-state index in [2.05, 4.69) is 13.8 Å². The Morgan fingerprint density at radius 2 is 1.94 bits per heavy atom. The lowest BCUT2D eigenvalue weighted by Gasteiger charge is -2.17. The first kappa shape index (κ1) is 16.2. The summed E-state index contributed by atoms with van der Waals surface area (Å²) in [5, 5.41) is 0. The second kappa shape index (κ2) is 10.4. The summed E-state index contributed by atoms with van der Waals surface area (Å²) in [6.45, 7) is 8.28. The van der Waals surface area contributed by atoms with Crippen LogP contribution in [0.1, 0.15) is 66.2 Å². The standard InChI is InChI=1S/C15H28O2/c1-5-8-10-14(7-3)12-11-13(4)17-15(16)9-6-2/h6,9,13-14H,5,7-8,10-12H2,1-4H3/b9-6+/t13-,14-/m1/s1. The maximum Gasteiger partial charge on any atom is 0.330 e. The highest BCUT2D eigenvalue weighted by Crippen LogP contribution is 2.20. The molecule has 0 unspecified atom stereocenters. The van der Waals surface area contributed by atoms with Crippen LogP contribution in [0.15, 0.2) is 12.2 Å². The fourth-order valence-electron chi connectivity index (χ4n) is 1.95. The molecule has 0 spiro atoms. The van der Waals surface area contributed by atoms with Gasteiger partial charge in [0.15, 0.2) is 0 Å². The van der Waals surface area contributed by atoms with Crippen molar-refractivity contribution >= 4 is 5.97 Å². The van der Waals surface area contributed by atoms with Crippen molar-refractivity contribution in [1.82, 2.24) is 0 Å². The Hall–Kier alpha value is -0.790. The summed E-state index contributed by atoms with van der Waals surface area (Å²) in [7, 11) is 0. The van der Waals surface area contributed by atoms with Crippen molar-refractivity contribution in [2.75, 3.05) is 0 Å². The molecule has 0 aromatic rings. The minimum absolute atomic E-state index is 0.0365. The molecule has 0 N–H and O–H groups in total. The summed E-state index contributed by atoms with van der Waals surface area (Å²) in [6, 6.07) is 0. The monoisotopic (exact) mass is 240 g/mol. The van der Waals surface area contributed by atoms with Crippen LogP contribution >= 0.6 is 0 Å². The van der Waals surface area contributed by atoms with Gasteiger partial charge in [0.2, 0.25) is 0 Å². The molecule has 0 fully saturated rings. The van der Waals surface area contributed by atoms with E-state index in [9.17, 15) is 4.79 Å². The summed E-state index contributed by atoms with van der Waals surface area (Å²) >= 11 is 0. The number of carbonyl (C=O) groups excluding carboxylic acids is 1.